The highest BCUT2D eigenvalue weighted by Gasteiger charge is 2.35. The van der Waals surface area contributed by atoms with Gasteiger partial charge in [0.05, 0.1) is 13.0 Å². The third-order valence-corrected chi connectivity index (χ3v) is 4.37. The quantitative estimate of drug-likeness (QED) is 0.397. The third kappa shape index (κ3) is 8.68. The van der Waals surface area contributed by atoms with Gasteiger partial charge in [0, 0.05) is 5.92 Å². The number of amides is 2. The zero-order chi connectivity index (χ0) is 19.6. The van der Waals surface area contributed by atoms with Gasteiger partial charge in [-0.2, -0.15) is 0 Å². The number of hydrogen-bond acceptors (Lipinski definition) is 5. The normalized spacial score (nSPS) is 15.7. The predicted octanol–water partition coefficient (Wildman–Crippen LogP) is 4.45. The standard InChI is InChI=1S/C20H35NO5/c1-5-6-7-8-9-10-11-12-16(15-17(22)26-20(2,3)4)18(23)21-13-14-25-19(21)24/h16H,5-15H2,1-4H3/t16-/m1/s1. The van der Waals surface area contributed by atoms with Crippen LogP contribution in [-0.2, 0) is 19.1 Å². The van der Waals surface area contributed by atoms with Crippen molar-refractivity contribution in [3.63, 3.8) is 0 Å². The minimum Gasteiger partial charge on any atom is -0.460 e. The first kappa shape index (κ1) is 22.5. The molecule has 0 aliphatic carbocycles. The first-order chi connectivity index (χ1) is 12.2. The maximum absolute atomic E-state index is 12.7. The van der Waals surface area contributed by atoms with Crippen LogP contribution in [0.4, 0.5) is 4.79 Å². The lowest BCUT2D eigenvalue weighted by atomic mass is 9.95. The summed E-state index contributed by atoms with van der Waals surface area (Å²) >= 11 is 0. The molecule has 0 radical (unpaired) electrons. The highest BCUT2D eigenvalue weighted by atomic mass is 16.6. The molecule has 0 aromatic heterocycles. The van der Waals surface area contributed by atoms with Crippen molar-refractivity contribution < 1.29 is 23.9 Å². The second kappa shape index (κ2) is 11.2. The fraction of sp³-hybridized carbons (Fsp3) is 0.850. The van der Waals surface area contributed by atoms with Crippen LogP contribution in [0.3, 0.4) is 0 Å². The maximum Gasteiger partial charge on any atom is 0.416 e. The maximum atomic E-state index is 12.7. The number of esters is 1. The molecule has 1 saturated heterocycles. The molecule has 0 spiro atoms. The summed E-state index contributed by atoms with van der Waals surface area (Å²) in [6.07, 6.45) is 7.97. The van der Waals surface area contributed by atoms with E-state index in [1.165, 1.54) is 25.7 Å². The molecule has 0 aromatic carbocycles. The Balaban J connectivity index is 2.53. The number of ether oxygens (including phenoxy) is 2. The second-order valence-corrected chi connectivity index (χ2v) is 8.00. The van der Waals surface area contributed by atoms with Crippen molar-refractivity contribution in [2.24, 2.45) is 5.92 Å². The summed E-state index contributed by atoms with van der Waals surface area (Å²) in [5.41, 5.74) is -0.587. The number of imide groups is 1. The van der Waals surface area contributed by atoms with Crippen LogP contribution in [0.15, 0.2) is 0 Å². The van der Waals surface area contributed by atoms with Crippen LogP contribution >= 0.6 is 0 Å². The molecule has 1 aliphatic rings. The van der Waals surface area contributed by atoms with E-state index in [-0.39, 0.29) is 25.5 Å². The molecule has 6 nitrogen and oxygen atoms in total. The van der Waals surface area contributed by atoms with Gasteiger partial charge in [0.2, 0.25) is 5.91 Å². The molecule has 150 valence electrons. The van der Waals surface area contributed by atoms with Crippen molar-refractivity contribution in [3.8, 4) is 0 Å². The number of nitrogens with zero attached hydrogens (tertiary/aromatic N) is 1. The molecule has 6 heteroatoms. The van der Waals surface area contributed by atoms with Gasteiger partial charge in [-0.25, -0.2) is 9.69 Å². The van der Waals surface area contributed by atoms with Crippen molar-refractivity contribution in [3.05, 3.63) is 0 Å². The highest BCUT2D eigenvalue weighted by Crippen LogP contribution is 2.22. The van der Waals surface area contributed by atoms with Crippen LogP contribution in [0.5, 0.6) is 0 Å². The summed E-state index contributed by atoms with van der Waals surface area (Å²) in [5.74, 6) is -1.23. The third-order valence-electron chi connectivity index (χ3n) is 4.37. The number of rotatable bonds is 11. The Kier molecular flexibility index (Phi) is 9.66. The van der Waals surface area contributed by atoms with Crippen molar-refractivity contribution in [2.45, 2.75) is 91.1 Å². The SMILES string of the molecule is CCCCCCCCC[C@H](CC(=O)OC(C)(C)C)C(=O)N1CCOC1=O. The van der Waals surface area contributed by atoms with Gasteiger partial charge in [-0.1, -0.05) is 51.9 Å². The molecule has 0 saturated carbocycles. The Morgan fingerprint density at radius 2 is 1.73 bits per heavy atom. The Labute approximate surface area is 157 Å². The van der Waals surface area contributed by atoms with Crippen LogP contribution in [0.1, 0.15) is 85.5 Å². The second-order valence-electron chi connectivity index (χ2n) is 8.00. The molecule has 26 heavy (non-hydrogen) atoms. The van der Waals surface area contributed by atoms with E-state index in [1.807, 2.05) is 0 Å². The van der Waals surface area contributed by atoms with E-state index < -0.39 is 23.6 Å². The average Bonchev–Trinajstić information content (AvgIpc) is 2.96. The molecule has 0 aromatic rings. The zero-order valence-electron chi connectivity index (χ0n) is 16.8. The van der Waals surface area contributed by atoms with E-state index in [2.05, 4.69) is 6.92 Å². The summed E-state index contributed by atoms with van der Waals surface area (Å²) < 4.78 is 10.2. The predicted molar refractivity (Wildman–Crippen MR) is 99.6 cm³/mol. The molecule has 1 aliphatic heterocycles. The van der Waals surface area contributed by atoms with Gasteiger partial charge in [-0.3, -0.25) is 9.59 Å². The lowest BCUT2D eigenvalue weighted by Crippen LogP contribution is -2.38. The average molecular weight is 370 g/mol. The number of unbranched alkanes of at least 4 members (excludes halogenated alkanes) is 6. The molecule has 0 unspecified atom stereocenters. The first-order valence-corrected chi connectivity index (χ1v) is 9.94. The van der Waals surface area contributed by atoms with Crippen molar-refractivity contribution in [1.29, 1.82) is 0 Å². The van der Waals surface area contributed by atoms with E-state index in [4.69, 9.17) is 9.47 Å². The van der Waals surface area contributed by atoms with E-state index >= 15 is 0 Å². The smallest absolute Gasteiger partial charge is 0.416 e. The lowest BCUT2D eigenvalue weighted by Gasteiger charge is -2.23. The van der Waals surface area contributed by atoms with Gasteiger partial charge in [0.25, 0.3) is 0 Å². The van der Waals surface area contributed by atoms with Gasteiger partial charge < -0.3 is 9.47 Å². The summed E-state index contributed by atoms with van der Waals surface area (Å²) in [6.45, 7) is 8.08. The zero-order valence-corrected chi connectivity index (χ0v) is 16.8. The van der Waals surface area contributed by atoms with E-state index in [1.54, 1.807) is 20.8 Å². The summed E-state index contributed by atoms with van der Waals surface area (Å²) in [5, 5.41) is 0. The molecule has 1 atom stereocenters. The number of carbonyl (C=O) groups is 3. The van der Waals surface area contributed by atoms with Crippen LogP contribution < -0.4 is 0 Å². The molecular weight excluding hydrogens is 334 g/mol. The van der Waals surface area contributed by atoms with Crippen LogP contribution in [-0.4, -0.2) is 41.6 Å². The van der Waals surface area contributed by atoms with E-state index in [0.717, 1.165) is 24.2 Å². The topological polar surface area (TPSA) is 72.9 Å². The van der Waals surface area contributed by atoms with Gasteiger partial charge >= 0.3 is 12.1 Å². The van der Waals surface area contributed by atoms with Crippen molar-refractivity contribution >= 4 is 18.0 Å². The summed E-state index contributed by atoms with van der Waals surface area (Å²) in [7, 11) is 0. The Hall–Kier alpha value is -1.59. The Morgan fingerprint density at radius 1 is 1.12 bits per heavy atom. The molecule has 1 heterocycles. The monoisotopic (exact) mass is 369 g/mol. The van der Waals surface area contributed by atoms with E-state index in [0.29, 0.717) is 6.42 Å². The fourth-order valence-electron chi connectivity index (χ4n) is 3.06. The first-order valence-electron chi connectivity index (χ1n) is 9.94. The van der Waals surface area contributed by atoms with E-state index in [9.17, 15) is 14.4 Å². The van der Waals surface area contributed by atoms with Gasteiger partial charge in [-0.05, 0) is 27.2 Å². The summed E-state index contributed by atoms with van der Waals surface area (Å²) in [6, 6.07) is 0. The molecule has 1 rings (SSSR count). The number of carbonyl (C=O) groups excluding carboxylic acids is 3. The largest absolute Gasteiger partial charge is 0.460 e. The molecule has 0 bridgehead atoms. The van der Waals surface area contributed by atoms with Crippen LogP contribution in [0, 0.1) is 5.92 Å². The molecule has 0 N–H and O–H groups in total. The summed E-state index contributed by atoms with van der Waals surface area (Å²) in [4.78, 5) is 37.6. The van der Waals surface area contributed by atoms with Gasteiger partial charge in [0.1, 0.15) is 12.2 Å². The minimum atomic E-state index is -0.608. The number of hydrogen-bond donors (Lipinski definition) is 0. The van der Waals surface area contributed by atoms with Gasteiger partial charge in [0.15, 0.2) is 0 Å². The van der Waals surface area contributed by atoms with Crippen molar-refractivity contribution in [2.75, 3.05) is 13.2 Å². The van der Waals surface area contributed by atoms with Crippen LogP contribution in [0.25, 0.3) is 0 Å². The molecular formula is C20H35NO5. The van der Waals surface area contributed by atoms with Crippen LogP contribution in [0.2, 0.25) is 0 Å². The van der Waals surface area contributed by atoms with Crippen molar-refractivity contribution in [1.82, 2.24) is 4.90 Å². The highest BCUT2D eigenvalue weighted by molar-refractivity contribution is 5.95. The Bertz CT molecular complexity index is 469. The molecule has 1 fully saturated rings. The fourth-order valence-corrected chi connectivity index (χ4v) is 3.06. The Morgan fingerprint density at radius 3 is 2.27 bits per heavy atom. The molecule has 2 amide bonds. The number of cyclic esters (lactones) is 1. The van der Waals surface area contributed by atoms with Gasteiger partial charge in [-0.15, -0.1) is 0 Å². The minimum absolute atomic E-state index is 0.00964. The lowest BCUT2D eigenvalue weighted by molar-refractivity contribution is -0.158.